The summed E-state index contributed by atoms with van der Waals surface area (Å²) in [5.41, 5.74) is 4.17. The van der Waals surface area contributed by atoms with Gasteiger partial charge in [-0.1, -0.05) is 67.9 Å². The van der Waals surface area contributed by atoms with Gasteiger partial charge in [-0.25, -0.2) is 13.4 Å². The molecule has 1 aliphatic heterocycles. The zero-order valence-corrected chi connectivity index (χ0v) is 19.9. The van der Waals surface area contributed by atoms with E-state index in [9.17, 15) is 13.2 Å². The molecule has 2 heterocycles. The minimum Gasteiger partial charge on any atom is -0.301 e. The van der Waals surface area contributed by atoms with E-state index in [0.29, 0.717) is 24.5 Å². The zero-order chi connectivity index (χ0) is 22.7. The molecular weight excluding hydrogens is 442 g/mol. The smallest absolute Gasteiger partial charge is 0.244 e. The van der Waals surface area contributed by atoms with Gasteiger partial charge < -0.3 is 5.32 Å². The van der Waals surface area contributed by atoms with Crippen LogP contribution in [0, 0.1) is 0 Å². The van der Waals surface area contributed by atoms with Crippen molar-refractivity contribution in [1.29, 1.82) is 0 Å². The third-order valence-corrected chi connectivity index (χ3v) is 7.92. The average molecular weight is 470 g/mol. The summed E-state index contributed by atoms with van der Waals surface area (Å²) in [5.74, 6) is -0.310. The number of benzene rings is 2. The fourth-order valence-corrected chi connectivity index (χ4v) is 6.28. The van der Waals surface area contributed by atoms with Crippen LogP contribution in [0.3, 0.4) is 0 Å². The third kappa shape index (κ3) is 4.92. The molecule has 8 heteroatoms. The molecule has 2 aromatic carbocycles. The van der Waals surface area contributed by atoms with Crippen molar-refractivity contribution in [1.82, 2.24) is 9.29 Å². The molecule has 3 aromatic rings. The van der Waals surface area contributed by atoms with Crippen molar-refractivity contribution in [2.24, 2.45) is 0 Å². The third-order valence-electron chi connectivity index (χ3n) is 5.60. The zero-order valence-electron chi connectivity index (χ0n) is 18.2. The second-order valence-corrected chi connectivity index (χ2v) is 11.0. The summed E-state index contributed by atoms with van der Waals surface area (Å²) in [4.78, 5) is 18.7. The molecule has 1 N–H and O–H groups in total. The van der Waals surface area contributed by atoms with Gasteiger partial charge in [0, 0.05) is 17.0 Å². The van der Waals surface area contributed by atoms with Crippen LogP contribution in [-0.4, -0.2) is 42.5 Å². The molecule has 1 aromatic heterocycles. The van der Waals surface area contributed by atoms with Gasteiger partial charge in [0.25, 0.3) is 0 Å². The van der Waals surface area contributed by atoms with E-state index < -0.39 is 16.1 Å². The first-order valence-corrected chi connectivity index (χ1v) is 13.5. The number of hydrogen-bond donors (Lipinski definition) is 1. The van der Waals surface area contributed by atoms with E-state index in [1.807, 2.05) is 18.2 Å². The van der Waals surface area contributed by atoms with Crippen LogP contribution in [0.4, 0.5) is 5.13 Å². The van der Waals surface area contributed by atoms with Crippen LogP contribution in [0.5, 0.6) is 0 Å². The van der Waals surface area contributed by atoms with Gasteiger partial charge in [-0.3, -0.25) is 4.79 Å². The topological polar surface area (TPSA) is 79.4 Å². The highest BCUT2D eigenvalue weighted by Gasteiger charge is 2.36. The standard InChI is InChI=1S/C24H27N3O3S2/c1-3-8-21-22(19-14-12-18(13-15-19)17-9-5-4-6-10-17)25-24(31-21)26-23(28)20-11-7-16-27(20)32(2,29)30/h4-6,9-10,12-15,20H,3,7-8,11,16H2,1-2H3,(H,25,26,28). The Morgan fingerprint density at radius 1 is 1.09 bits per heavy atom. The van der Waals surface area contributed by atoms with E-state index in [1.54, 1.807) is 0 Å². The number of nitrogens with zero attached hydrogens (tertiary/aromatic N) is 2. The lowest BCUT2D eigenvalue weighted by Gasteiger charge is -2.20. The van der Waals surface area contributed by atoms with Gasteiger partial charge >= 0.3 is 0 Å². The summed E-state index contributed by atoms with van der Waals surface area (Å²) in [7, 11) is -3.42. The normalized spacial score (nSPS) is 16.9. The van der Waals surface area contributed by atoms with Gasteiger partial charge in [0.15, 0.2) is 5.13 Å². The number of carbonyl (C=O) groups excluding carboxylic acids is 1. The molecule has 1 atom stereocenters. The highest BCUT2D eigenvalue weighted by Crippen LogP contribution is 2.34. The Morgan fingerprint density at radius 2 is 1.75 bits per heavy atom. The quantitative estimate of drug-likeness (QED) is 0.539. The van der Waals surface area contributed by atoms with Crippen LogP contribution in [-0.2, 0) is 21.2 Å². The van der Waals surface area contributed by atoms with Crippen molar-refractivity contribution in [2.45, 2.75) is 38.6 Å². The maximum absolute atomic E-state index is 12.8. The first-order chi connectivity index (χ1) is 15.4. The van der Waals surface area contributed by atoms with Crippen LogP contribution in [0.1, 0.15) is 31.1 Å². The Morgan fingerprint density at radius 3 is 2.41 bits per heavy atom. The highest BCUT2D eigenvalue weighted by atomic mass is 32.2. The summed E-state index contributed by atoms with van der Waals surface area (Å²) in [5, 5.41) is 3.39. The van der Waals surface area contributed by atoms with E-state index in [1.165, 1.54) is 15.6 Å². The minimum absolute atomic E-state index is 0.310. The Labute approximate surface area is 193 Å². The summed E-state index contributed by atoms with van der Waals surface area (Å²) in [6.45, 7) is 2.50. The maximum Gasteiger partial charge on any atom is 0.244 e. The molecule has 0 radical (unpaired) electrons. The van der Waals surface area contributed by atoms with E-state index in [2.05, 4.69) is 48.6 Å². The van der Waals surface area contributed by atoms with Crippen LogP contribution in [0.2, 0.25) is 0 Å². The number of hydrogen-bond acceptors (Lipinski definition) is 5. The summed E-state index contributed by atoms with van der Waals surface area (Å²) < 4.78 is 25.3. The fraction of sp³-hybridized carbons (Fsp3) is 0.333. The fourth-order valence-electron chi connectivity index (χ4n) is 4.07. The molecule has 1 saturated heterocycles. The Kier molecular flexibility index (Phi) is 6.74. The maximum atomic E-state index is 12.8. The van der Waals surface area contributed by atoms with Gasteiger partial charge in [-0.05, 0) is 30.4 Å². The molecule has 0 spiro atoms. The number of anilines is 1. The number of aromatic nitrogens is 1. The number of rotatable bonds is 7. The second-order valence-electron chi connectivity index (χ2n) is 8.01. The van der Waals surface area contributed by atoms with Crippen LogP contribution in [0.15, 0.2) is 54.6 Å². The van der Waals surface area contributed by atoms with Crippen molar-refractivity contribution in [3.8, 4) is 22.4 Å². The Hall–Kier alpha value is -2.55. The SMILES string of the molecule is CCCc1sc(NC(=O)C2CCCN2S(C)(=O)=O)nc1-c1ccc(-c2ccccc2)cc1. The molecule has 1 amide bonds. The first kappa shape index (κ1) is 22.6. The molecule has 168 valence electrons. The first-order valence-electron chi connectivity index (χ1n) is 10.8. The minimum atomic E-state index is -3.42. The van der Waals surface area contributed by atoms with E-state index in [-0.39, 0.29) is 5.91 Å². The number of nitrogens with one attached hydrogen (secondary N) is 1. The van der Waals surface area contributed by atoms with E-state index >= 15 is 0 Å². The molecule has 1 unspecified atom stereocenters. The molecule has 6 nitrogen and oxygen atoms in total. The summed E-state index contributed by atoms with van der Waals surface area (Å²) >= 11 is 1.46. The van der Waals surface area contributed by atoms with Gasteiger partial charge in [-0.15, -0.1) is 11.3 Å². The lowest BCUT2D eigenvalue weighted by molar-refractivity contribution is -0.119. The van der Waals surface area contributed by atoms with E-state index in [0.717, 1.165) is 46.4 Å². The Balaban J connectivity index is 1.57. The van der Waals surface area contributed by atoms with Gasteiger partial charge in [0.2, 0.25) is 15.9 Å². The van der Waals surface area contributed by atoms with Gasteiger partial charge in [0.05, 0.1) is 11.9 Å². The number of thiazole rings is 1. The number of aryl methyl sites for hydroxylation is 1. The molecule has 4 rings (SSSR count). The summed E-state index contributed by atoms with van der Waals surface area (Å²) in [6, 6.07) is 17.8. The lowest BCUT2D eigenvalue weighted by atomic mass is 10.0. The summed E-state index contributed by atoms with van der Waals surface area (Å²) in [6.07, 6.45) is 4.19. The molecule has 1 fully saturated rings. The monoisotopic (exact) mass is 469 g/mol. The molecule has 1 aliphatic rings. The average Bonchev–Trinajstić information content (AvgIpc) is 3.42. The van der Waals surface area contributed by atoms with Gasteiger partial charge in [0.1, 0.15) is 6.04 Å². The molecule has 0 aliphatic carbocycles. The number of amides is 1. The van der Waals surface area contributed by atoms with Crippen LogP contribution >= 0.6 is 11.3 Å². The number of sulfonamides is 1. The van der Waals surface area contributed by atoms with Crippen molar-refractivity contribution in [3.05, 3.63) is 59.5 Å². The molecule has 0 saturated carbocycles. The largest absolute Gasteiger partial charge is 0.301 e. The highest BCUT2D eigenvalue weighted by molar-refractivity contribution is 7.88. The van der Waals surface area contributed by atoms with Crippen molar-refractivity contribution in [2.75, 3.05) is 18.1 Å². The lowest BCUT2D eigenvalue weighted by Crippen LogP contribution is -2.42. The predicted molar refractivity (Wildman–Crippen MR) is 130 cm³/mol. The van der Waals surface area contributed by atoms with Crippen molar-refractivity contribution in [3.63, 3.8) is 0 Å². The van der Waals surface area contributed by atoms with Crippen molar-refractivity contribution >= 4 is 32.4 Å². The van der Waals surface area contributed by atoms with Crippen molar-refractivity contribution < 1.29 is 13.2 Å². The van der Waals surface area contributed by atoms with Crippen LogP contribution < -0.4 is 5.32 Å². The number of carbonyl (C=O) groups is 1. The van der Waals surface area contributed by atoms with Gasteiger partial charge in [-0.2, -0.15) is 4.31 Å². The second kappa shape index (κ2) is 9.52. The molecule has 0 bridgehead atoms. The molecular formula is C24H27N3O3S2. The van der Waals surface area contributed by atoms with Crippen LogP contribution in [0.25, 0.3) is 22.4 Å². The Bertz CT molecular complexity index is 1190. The van der Waals surface area contributed by atoms with E-state index in [4.69, 9.17) is 4.98 Å². The predicted octanol–water partition coefficient (Wildman–Crippen LogP) is 4.79. The molecule has 32 heavy (non-hydrogen) atoms.